The van der Waals surface area contributed by atoms with Crippen LogP contribution in [0.3, 0.4) is 0 Å². The summed E-state index contributed by atoms with van der Waals surface area (Å²) in [6.07, 6.45) is 1.35. The molecule has 1 amide bonds. The van der Waals surface area contributed by atoms with Gasteiger partial charge in [-0.1, -0.05) is 25.1 Å². The van der Waals surface area contributed by atoms with Crippen LogP contribution in [0.4, 0.5) is 0 Å². The van der Waals surface area contributed by atoms with E-state index in [-0.39, 0.29) is 12.3 Å². The fourth-order valence-corrected chi connectivity index (χ4v) is 1.45. The molecular weight excluding hydrogens is 216 g/mol. The maximum atomic E-state index is 10.6. The molecule has 0 aliphatic rings. The Morgan fingerprint density at radius 3 is 2.88 bits per heavy atom. The first-order valence-electron chi connectivity index (χ1n) is 5.93. The topological polar surface area (TPSA) is 64.3 Å². The molecule has 0 aromatic heterocycles. The van der Waals surface area contributed by atoms with Crippen LogP contribution in [-0.4, -0.2) is 19.1 Å². The highest BCUT2D eigenvalue weighted by atomic mass is 16.5. The minimum Gasteiger partial charge on any atom is -0.493 e. The molecule has 0 heterocycles. The summed E-state index contributed by atoms with van der Waals surface area (Å²) in [7, 11) is 0. The van der Waals surface area contributed by atoms with E-state index in [0.717, 1.165) is 30.8 Å². The summed E-state index contributed by atoms with van der Waals surface area (Å²) in [6, 6.07) is 7.82. The molecule has 0 spiro atoms. The highest BCUT2D eigenvalue weighted by molar-refractivity contribution is 5.73. The molecule has 1 aromatic rings. The molecule has 0 unspecified atom stereocenters. The molecule has 0 aliphatic carbocycles. The number of benzene rings is 1. The van der Waals surface area contributed by atoms with Crippen LogP contribution >= 0.6 is 0 Å². The molecule has 1 rings (SSSR count). The van der Waals surface area contributed by atoms with Crippen molar-refractivity contribution in [3.63, 3.8) is 0 Å². The van der Waals surface area contributed by atoms with Crippen molar-refractivity contribution in [3.8, 4) is 5.75 Å². The Morgan fingerprint density at radius 1 is 1.41 bits per heavy atom. The minimum absolute atomic E-state index is 0.247. The first-order chi connectivity index (χ1) is 8.24. The van der Waals surface area contributed by atoms with E-state index < -0.39 is 0 Å². The molecule has 0 aliphatic heterocycles. The van der Waals surface area contributed by atoms with Crippen LogP contribution in [0.15, 0.2) is 24.3 Å². The van der Waals surface area contributed by atoms with Gasteiger partial charge in [-0.25, -0.2) is 0 Å². The Labute approximate surface area is 102 Å². The molecule has 17 heavy (non-hydrogen) atoms. The van der Waals surface area contributed by atoms with Gasteiger partial charge in [-0.15, -0.1) is 0 Å². The van der Waals surface area contributed by atoms with E-state index in [4.69, 9.17) is 10.5 Å². The van der Waals surface area contributed by atoms with Crippen LogP contribution in [0.2, 0.25) is 0 Å². The summed E-state index contributed by atoms with van der Waals surface area (Å²) in [6.45, 7) is 4.22. The first kappa shape index (κ1) is 13.5. The monoisotopic (exact) mass is 236 g/mol. The summed E-state index contributed by atoms with van der Waals surface area (Å²) in [5.74, 6) is 0.476. The van der Waals surface area contributed by atoms with Crippen molar-refractivity contribution in [2.45, 2.75) is 26.3 Å². The number of nitrogens with one attached hydrogen (secondary N) is 1. The second-order valence-electron chi connectivity index (χ2n) is 3.85. The third-order valence-electron chi connectivity index (χ3n) is 2.32. The second kappa shape index (κ2) is 7.68. The molecule has 0 radical (unpaired) electrons. The Kier molecular flexibility index (Phi) is 6.10. The molecular formula is C13H20N2O2. The van der Waals surface area contributed by atoms with Crippen molar-refractivity contribution in [1.29, 1.82) is 0 Å². The van der Waals surface area contributed by atoms with Gasteiger partial charge < -0.3 is 15.8 Å². The van der Waals surface area contributed by atoms with Gasteiger partial charge in [0.2, 0.25) is 5.91 Å². The Morgan fingerprint density at radius 2 is 2.18 bits per heavy atom. The van der Waals surface area contributed by atoms with Gasteiger partial charge in [0.15, 0.2) is 0 Å². The number of ether oxygens (including phenoxy) is 1. The molecule has 0 fully saturated rings. The fraction of sp³-hybridized carbons (Fsp3) is 0.462. The van der Waals surface area contributed by atoms with Crippen molar-refractivity contribution in [2.24, 2.45) is 5.73 Å². The normalized spacial score (nSPS) is 10.2. The number of para-hydroxylation sites is 1. The molecule has 94 valence electrons. The van der Waals surface area contributed by atoms with Crippen molar-refractivity contribution < 1.29 is 9.53 Å². The predicted molar refractivity (Wildman–Crippen MR) is 67.7 cm³/mol. The van der Waals surface area contributed by atoms with Crippen molar-refractivity contribution in [2.75, 3.05) is 13.2 Å². The molecule has 3 N–H and O–H groups in total. The van der Waals surface area contributed by atoms with Gasteiger partial charge in [-0.3, -0.25) is 4.79 Å². The molecule has 0 saturated carbocycles. The lowest BCUT2D eigenvalue weighted by molar-refractivity contribution is -0.118. The van der Waals surface area contributed by atoms with Gasteiger partial charge in [-0.05, 0) is 19.0 Å². The van der Waals surface area contributed by atoms with E-state index >= 15 is 0 Å². The van der Waals surface area contributed by atoms with E-state index in [1.165, 1.54) is 0 Å². The van der Waals surface area contributed by atoms with Gasteiger partial charge in [-0.2, -0.15) is 0 Å². The summed E-state index contributed by atoms with van der Waals surface area (Å²) in [5, 5.41) is 3.32. The summed E-state index contributed by atoms with van der Waals surface area (Å²) >= 11 is 0. The number of carbonyl (C=O) groups excluding carboxylic acids is 1. The van der Waals surface area contributed by atoms with Crippen LogP contribution in [0.25, 0.3) is 0 Å². The van der Waals surface area contributed by atoms with E-state index in [9.17, 15) is 4.79 Å². The zero-order valence-electron chi connectivity index (χ0n) is 10.2. The molecule has 4 heteroatoms. The quantitative estimate of drug-likeness (QED) is 0.671. The van der Waals surface area contributed by atoms with E-state index in [1.54, 1.807) is 0 Å². The van der Waals surface area contributed by atoms with Crippen LogP contribution in [0, 0.1) is 0 Å². The molecule has 0 bridgehead atoms. The maximum absolute atomic E-state index is 10.6. The number of amides is 1. The largest absolute Gasteiger partial charge is 0.493 e. The average Bonchev–Trinajstić information content (AvgIpc) is 2.31. The lowest BCUT2D eigenvalue weighted by Crippen LogP contribution is -2.17. The number of carbonyl (C=O) groups is 1. The molecule has 1 aromatic carbocycles. The third-order valence-corrected chi connectivity index (χ3v) is 2.32. The third kappa shape index (κ3) is 5.36. The zero-order chi connectivity index (χ0) is 12.5. The minimum atomic E-state index is -0.341. The first-order valence-corrected chi connectivity index (χ1v) is 5.93. The smallest absolute Gasteiger partial charge is 0.220 e. The number of nitrogens with two attached hydrogens (primary N) is 1. The fourth-order valence-electron chi connectivity index (χ4n) is 1.45. The zero-order valence-corrected chi connectivity index (χ0v) is 10.2. The lowest BCUT2D eigenvalue weighted by atomic mass is 10.2. The van der Waals surface area contributed by atoms with Crippen LogP contribution in [0.1, 0.15) is 25.3 Å². The predicted octanol–water partition coefficient (Wildman–Crippen LogP) is 1.44. The number of hydrogen-bond acceptors (Lipinski definition) is 3. The SMILES string of the molecule is CCCNCc1ccccc1OCCC(N)=O. The van der Waals surface area contributed by atoms with Crippen LogP contribution < -0.4 is 15.8 Å². The summed E-state index contributed by atoms with van der Waals surface area (Å²) in [4.78, 5) is 10.6. The van der Waals surface area contributed by atoms with Crippen molar-refractivity contribution >= 4 is 5.91 Å². The highest BCUT2D eigenvalue weighted by Gasteiger charge is 2.03. The standard InChI is InChI=1S/C13H20N2O2/c1-2-8-15-10-11-5-3-4-6-12(11)17-9-7-13(14)16/h3-6,15H,2,7-10H2,1H3,(H2,14,16). The maximum Gasteiger partial charge on any atom is 0.220 e. The second-order valence-corrected chi connectivity index (χ2v) is 3.85. The van der Waals surface area contributed by atoms with Gasteiger partial charge in [0, 0.05) is 12.1 Å². The molecule has 4 nitrogen and oxygen atoms in total. The average molecular weight is 236 g/mol. The van der Waals surface area contributed by atoms with Crippen LogP contribution in [0.5, 0.6) is 5.75 Å². The van der Waals surface area contributed by atoms with E-state index in [0.29, 0.717) is 6.61 Å². The lowest BCUT2D eigenvalue weighted by Gasteiger charge is -2.11. The number of rotatable bonds is 8. The molecule has 0 atom stereocenters. The van der Waals surface area contributed by atoms with Crippen molar-refractivity contribution in [3.05, 3.63) is 29.8 Å². The Balaban J connectivity index is 2.48. The van der Waals surface area contributed by atoms with E-state index in [1.807, 2.05) is 24.3 Å². The van der Waals surface area contributed by atoms with Gasteiger partial charge in [0.25, 0.3) is 0 Å². The van der Waals surface area contributed by atoms with Crippen molar-refractivity contribution in [1.82, 2.24) is 5.32 Å². The number of hydrogen-bond donors (Lipinski definition) is 2. The summed E-state index contributed by atoms with van der Waals surface area (Å²) in [5.41, 5.74) is 6.16. The van der Waals surface area contributed by atoms with Gasteiger partial charge in [0.05, 0.1) is 13.0 Å². The number of primary amides is 1. The summed E-state index contributed by atoms with van der Waals surface area (Å²) < 4.78 is 5.54. The van der Waals surface area contributed by atoms with Gasteiger partial charge in [0.1, 0.15) is 5.75 Å². The molecule has 0 saturated heterocycles. The van der Waals surface area contributed by atoms with Gasteiger partial charge >= 0.3 is 0 Å². The van der Waals surface area contributed by atoms with Crippen LogP contribution in [-0.2, 0) is 11.3 Å². The highest BCUT2D eigenvalue weighted by Crippen LogP contribution is 2.17. The van der Waals surface area contributed by atoms with E-state index in [2.05, 4.69) is 12.2 Å². The Bertz CT molecular complexity index is 353. The Hall–Kier alpha value is -1.55.